The number of β-amino-alcohol motifs (C(OH)–C–C–N with tert-alkyl or cyclic N) is 1. The van der Waals surface area contributed by atoms with Gasteiger partial charge in [0.1, 0.15) is 5.82 Å². The second kappa shape index (κ2) is 5.89. The first-order chi connectivity index (χ1) is 11.2. The van der Waals surface area contributed by atoms with E-state index in [-0.39, 0.29) is 6.10 Å². The van der Waals surface area contributed by atoms with Crippen molar-refractivity contribution in [3.05, 3.63) is 35.8 Å². The summed E-state index contributed by atoms with van der Waals surface area (Å²) in [5.41, 5.74) is 3.46. The Hall–Kier alpha value is -2.01. The van der Waals surface area contributed by atoms with Gasteiger partial charge in [-0.25, -0.2) is 9.97 Å². The van der Waals surface area contributed by atoms with Crippen LogP contribution in [0.25, 0.3) is 11.4 Å². The van der Waals surface area contributed by atoms with Crippen molar-refractivity contribution in [1.82, 2.24) is 15.0 Å². The van der Waals surface area contributed by atoms with Gasteiger partial charge in [0.25, 0.3) is 0 Å². The van der Waals surface area contributed by atoms with Crippen LogP contribution in [0.4, 0.5) is 5.82 Å². The first-order valence-corrected chi connectivity index (χ1v) is 8.45. The highest BCUT2D eigenvalue weighted by Gasteiger charge is 2.29. The van der Waals surface area contributed by atoms with Gasteiger partial charge in [-0.3, -0.25) is 4.98 Å². The molecule has 2 aromatic heterocycles. The fourth-order valence-corrected chi connectivity index (χ4v) is 3.55. The summed E-state index contributed by atoms with van der Waals surface area (Å²) in [4.78, 5) is 16.0. The molecule has 120 valence electrons. The van der Waals surface area contributed by atoms with Crippen molar-refractivity contribution in [3.63, 3.8) is 0 Å². The number of hydrogen-bond acceptors (Lipinski definition) is 5. The first kappa shape index (κ1) is 14.6. The molecule has 0 spiro atoms. The van der Waals surface area contributed by atoms with E-state index in [0.29, 0.717) is 12.5 Å². The molecule has 5 heteroatoms. The molecule has 3 heterocycles. The summed E-state index contributed by atoms with van der Waals surface area (Å²) in [5.74, 6) is 2.17. The second-order valence-corrected chi connectivity index (χ2v) is 6.66. The Morgan fingerprint density at radius 1 is 1.17 bits per heavy atom. The van der Waals surface area contributed by atoms with Crippen molar-refractivity contribution < 1.29 is 5.11 Å². The van der Waals surface area contributed by atoms with E-state index in [9.17, 15) is 5.11 Å². The average molecular weight is 310 g/mol. The zero-order chi connectivity index (χ0) is 15.8. The van der Waals surface area contributed by atoms with Crippen LogP contribution in [-0.4, -0.2) is 39.3 Å². The fourth-order valence-electron chi connectivity index (χ4n) is 3.55. The van der Waals surface area contributed by atoms with Crippen molar-refractivity contribution in [2.75, 3.05) is 18.0 Å². The second-order valence-electron chi connectivity index (χ2n) is 6.66. The number of hydrogen-bond donors (Lipinski definition) is 1. The van der Waals surface area contributed by atoms with Gasteiger partial charge in [0.2, 0.25) is 0 Å². The number of aliphatic hydroxyl groups excluding tert-OH is 1. The molecule has 0 aromatic carbocycles. The Balaban J connectivity index is 1.75. The molecule has 1 aliphatic carbocycles. The summed E-state index contributed by atoms with van der Waals surface area (Å²) < 4.78 is 0. The molecule has 2 aromatic rings. The maximum absolute atomic E-state index is 10.3. The quantitative estimate of drug-likeness (QED) is 0.921. The van der Waals surface area contributed by atoms with Gasteiger partial charge in [0.05, 0.1) is 6.10 Å². The number of aromatic nitrogens is 3. The van der Waals surface area contributed by atoms with Gasteiger partial charge < -0.3 is 10.0 Å². The lowest BCUT2D eigenvalue weighted by Crippen LogP contribution is -2.43. The van der Waals surface area contributed by atoms with Crippen molar-refractivity contribution in [2.45, 2.75) is 38.7 Å². The van der Waals surface area contributed by atoms with E-state index in [1.54, 1.807) is 12.4 Å². The Kier molecular flexibility index (Phi) is 3.73. The maximum atomic E-state index is 10.3. The lowest BCUT2D eigenvalue weighted by Gasteiger charge is -2.36. The van der Waals surface area contributed by atoms with E-state index in [1.165, 1.54) is 11.3 Å². The summed E-state index contributed by atoms with van der Waals surface area (Å²) in [5, 5.41) is 10.3. The minimum Gasteiger partial charge on any atom is -0.391 e. The van der Waals surface area contributed by atoms with E-state index < -0.39 is 0 Å². The average Bonchev–Trinajstić information content (AvgIpc) is 3.06. The molecule has 23 heavy (non-hydrogen) atoms. The van der Waals surface area contributed by atoms with Crippen LogP contribution in [0.1, 0.15) is 31.0 Å². The molecule has 2 unspecified atom stereocenters. The van der Waals surface area contributed by atoms with E-state index >= 15 is 0 Å². The Morgan fingerprint density at radius 3 is 2.78 bits per heavy atom. The zero-order valence-corrected chi connectivity index (χ0v) is 13.4. The molecule has 0 amide bonds. The largest absolute Gasteiger partial charge is 0.391 e. The number of aliphatic hydroxyl groups is 1. The summed E-state index contributed by atoms with van der Waals surface area (Å²) in [6.45, 7) is 3.74. The van der Waals surface area contributed by atoms with Gasteiger partial charge in [-0.05, 0) is 43.7 Å². The molecule has 0 saturated carbocycles. The number of anilines is 1. The smallest absolute Gasteiger partial charge is 0.161 e. The monoisotopic (exact) mass is 310 g/mol. The van der Waals surface area contributed by atoms with Crippen LogP contribution in [0.2, 0.25) is 0 Å². The number of rotatable bonds is 2. The number of fused-ring (bicyclic) bond motifs is 1. The van der Waals surface area contributed by atoms with Gasteiger partial charge >= 0.3 is 0 Å². The van der Waals surface area contributed by atoms with Crippen molar-refractivity contribution in [2.24, 2.45) is 5.92 Å². The van der Waals surface area contributed by atoms with Gasteiger partial charge in [-0.15, -0.1) is 0 Å². The summed E-state index contributed by atoms with van der Waals surface area (Å²) in [6, 6.07) is 3.90. The van der Waals surface area contributed by atoms with Crippen molar-refractivity contribution in [3.8, 4) is 11.4 Å². The molecule has 0 radical (unpaired) electrons. The van der Waals surface area contributed by atoms with Crippen LogP contribution in [-0.2, 0) is 12.8 Å². The molecule has 4 rings (SSSR count). The summed E-state index contributed by atoms with van der Waals surface area (Å²) >= 11 is 0. The van der Waals surface area contributed by atoms with Gasteiger partial charge in [0, 0.05) is 42.3 Å². The number of aryl methyl sites for hydroxylation is 1. The normalized spacial score (nSPS) is 23.8. The lowest BCUT2D eigenvalue weighted by atomic mass is 9.96. The maximum Gasteiger partial charge on any atom is 0.161 e. The van der Waals surface area contributed by atoms with Crippen LogP contribution < -0.4 is 4.90 Å². The van der Waals surface area contributed by atoms with E-state index in [2.05, 4.69) is 16.8 Å². The zero-order valence-electron chi connectivity index (χ0n) is 13.4. The van der Waals surface area contributed by atoms with Gasteiger partial charge in [-0.1, -0.05) is 6.92 Å². The third-order valence-corrected chi connectivity index (χ3v) is 5.07. The highest BCUT2D eigenvalue weighted by molar-refractivity contribution is 5.61. The summed E-state index contributed by atoms with van der Waals surface area (Å²) in [6.07, 6.45) is 7.49. The molecular weight excluding hydrogens is 288 g/mol. The fraction of sp³-hybridized carbons (Fsp3) is 0.500. The topological polar surface area (TPSA) is 62.1 Å². The molecular formula is C18H22N4O. The molecule has 0 bridgehead atoms. The lowest BCUT2D eigenvalue weighted by molar-refractivity contribution is 0.102. The van der Waals surface area contributed by atoms with Crippen LogP contribution in [0.3, 0.4) is 0 Å². The predicted molar refractivity (Wildman–Crippen MR) is 89.3 cm³/mol. The van der Waals surface area contributed by atoms with Crippen LogP contribution >= 0.6 is 0 Å². The highest BCUT2D eigenvalue weighted by Crippen LogP contribution is 2.33. The third-order valence-electron chi connectivity index (χ3n) is 5.07. The Labute approximate surface area is 136 Å². The Morgan fingerprint density at radius 2 is 2.00 bits per heavy atom. The highest BCUT2D eigenvalue weighted by atomic mass is 16.3. The predicted octanol–water partition coefficient (Wildman–Crippen LogP) is 2.23. The molecule has 2 atom stereocenters. The molecule has 1 fully saturated rings. The number of pyridine rings is 1. The molecule has 2 aliphatic rings. The van der Waals surface area contributed by atoms with E-state index in [0.717, 1.165) is 49.4 Å². The van der Waals surface area contributed by atoms with Crippen molar-refractivity contribution in [1.29, 1.82) is 0 Å². The molecule has 1 N–H and O–H groups in total. The molecule has 5 nitrogen and oxygen atoms in total. The Bertz CT molecular complexity index is 704. The van der Waals surface area contributed by atoms with Crippen LogP contribution in [0.5, 0.6) is 0 Å². The number of nitrogens with zero attached hydrogens (tertiary/aromatic N) is 4. The van der Waals surface area contributed by atoms with Gasteiger partial charge in [-0.2, -0.15) is 0 Å². The summed E-state index contributed by atoms with van der Waals surface area (Å²) in [7, 11) is 0. The van der Waals surface area contributed by atoms with Crippen molar-refractivity contribution >= 4 is 5.82 Å². The van der Waals surface area contributed by atoms with E-state index in [1.807, 2.05) is 12.1 Å². The standard InChI is InChI=1S/C18H22N4O/c1-12-7-10-22(11-16(12)23)18-14-3-2-4-15(14)20-17(21-18)13-5-8-19-9-6-13/h5-6,8-9,12,16,23H,2-4,7,10-11H2,1H3. The minimum atomic E-state index is -0.278. The third kappa shape index (κ3) is 2.70. The minimum absolute atomic E-state index is 0.278. The molecule has 1 aliphatic heterocycles. The number of piperidine rings is 1. The van der Waals surface area contributed by atoms with E-state index in [4.69, 9.17) is 9.97 Å². The van der Waals surface area contributed by atoms with Crippen LogP contribution in [0.15, 0.2) is 24.5 Å². The SMILES string of the molecule is CC1CCN(c2nc(-c3ccncc3)nc3c2CCC3)CC1O. The van der Waals surface area contributed by atoms with Gasteiger partial charge in [0.15, 0.2) is 5.82 Å². The first-order valence-electron chi connectivity index (χ1n) is 8.45. The molecule has 1 saturated heterocycles. The van der Waals surface area contributed by atoms with Crippen LogP contribution in [0, 0.1) is 5.92 Å².